The molecule has 1 saturated heterocycles. The lowest BCUT2D eigenvalue weighted by atomic mass is 10.0. The largest absolute Gasteiger partial charge is 0.372 e. The molecule has 3 nitrogen and oxygen atoms in total. The van der Waals surface area contributed by atoms with Gasteiger partial charge in [0.25, 0.3) is 0 Å². The van der Waals surface area contributed by atoms with Crippen LogP contribution in [0.1, 0.15) is 61.9 Å². The number of Topliss-reactive ketones (excluding diaryl/α,β-unsaturated/α-hetero) is 1. The topological polar surface area (TPSA) is 23.6 Å². The number of aryl methyl sites for hydroxylation is 1. The van der Waals surface area contributed by atoms with Crippen LogP contribution in [0.2, 0.25) is 0 Å². The van der Waals surface area contributed by atoms with Gasteiger partial charge >= 0.3 is 0 Å². The highest BCUT2D eigenvalue weighted by Gasteiger charge is 2.14. The van der Waals surface area contributed by atoms with Gasteiger partial charge in [-0.25, -0.2) is 0 Å². The number of anilines is 1. The Kier molecular flexibility index (Phi) is 7.10. The average Bonchev–Trinajstić information content (AvgIpc) is 2.83. The van der Waals surface area contributed by atoms with Gasteiger partial charge in [-0.1, -0.05) is 12.8 Å². The van der Waals surface area contributed by atoms with Gasteiger partial charge < -0.3 is 9.80 Å². The second-order valence-corrected chi connectivity index (χ2v) is 6.60. The summed E-state index contributed by atoms with van der Waals surface area (Å²) in [5, 5.41) is 0. The predicted molar refractivity (Wildman–Crippen MR) is 98.6 cm³/mol. The van der Waals surface area contributed by atoms with E-state index in [2.05, 4.69) is 42.7 Å². The van der Waals surface area contributed by atoms with E-state index < -0.39 is 0 Å². The van der Waals surface area contributed by atoms with Crippen LogP contribution in [0.4, 0.5) is 5.69 Å². The van der Waals surface area contributed by atoms with E-state index in [0.29, 0.717) is 6.42 Å². The van der Waals surface area contributed by atoms with E-state index in [-0.39, 0.29) is 5.78 Å². The molecule has 0 radical (unpaired) electrons. The number of rotatable bonds is 7. The molecule has 1 aromatic carbocycles. The van der Waals surface area contributed by atoms with Crippen molar-refractivity contribution >= 4 is 11.5 Å². The fourth-order valence-corrected chi connectivity index (χ4v) is 3.51. The Morgan fingerprint density at radius 3 is 2.30 bits per heavy atom. The maximum atomic E-state index is 12.5. The molecule has 1 aromatic rings. The summed E-state index contributed by atoms with van der Waals surface area (Å²) in [4.78, 5) is 17.3. The number of hydrogen-bond donors (Lipinski definition) is 0. The van der Waals surface area contributed by atoms with E-state index in [1.807, 2.05) is 6.07 Å². The molecule has 0 unspecified atom stereocenters. The quantitative estimate of drug-likeness (QED) is 0.701. The molecule has 3 heteroatoms. The van der Waals surface area contributed by atoms with E-state index >= 15 is 0 Å². The van der Waals surface area contributed by atoms with E-state index in [9.17, 15) is 4.79 Å². The third-order valence-corrected chi connectivity index (χ3v) is 4.98. The van der Waals surface area contributed by atoms with E-state index in [4.69, 9.17) is 0 Å². The first-order valence-corrected chi connectivity index (χ1v) is 9.26. The minimum absolute atomic E-state index is 0.281. The number of hydrogen-bond acceptors (Lipinski definition) is 3. The number of nitrogens with zero attached hydrogens (tertiary/aromatic N) is 2. The first-order valence-electron chi connectivity index (χ1n) is 9.26. The summed E-state index contributed by atoms with van der Waals surface area (Å²) in [5.41, 5.74) is 3.32. The number of ketones is 1. The van der Waals surface area contributed by atoms with Crippen molar-refractivity contribution in [3.63, 3.8) is 0 Å². The molecule has 0 atom stereocenters. The monoisotopic (exact) mass is 316 g/mol. The number of likely N-dealkylation sites (tertiary alicyclic amines) is 1. The van der Waals surface area contributed by atoms with Crippen LogP contribution in [0.25, 0.3) is 0 Å². The molecule has 0 spiro atoms. The van der Waals surface area contributed by atoms with Crippen LogP contribution in [0.3, 0.4) is 0 Å². The summed E-state index contributed by atoms with van der Waals surface area (Å²) in [7, 11) is 0. The summed E-state index contributed by atoms with van der Waals surface area (Å²) < 4.78 is 0. The molecule has 128 valence electrons. The molecule has 0 N–H and O–H groups in total. The minimum Gasteiger partial charge on any atom is -0.372 e. The van der Waals surface area contributed by atoms with Crippen LogP contribution >= 0.6 is 0 Å². The first kappa shape index (κ1) is 18.0. The third-order valence-electron chi connectivity index (χ3n) is 4.98. The summed E-state index contributed by atoms with van der Waals surface area (Å²) in [5.74, 6) is 0.281. The van der Waals surface area contributed by atoms with Crippen molar-refractivity contribution in [3.05, 3.63) is 29.3 Å². The Balaban J connectivity index is 1.95. The number of carbonyl (C=O) groups is 1. The van der Waals surface area contributed by atoms with Crippen molar-refractivity contribution in [2.45, 2.75) is 52.9 Å². The van der Waals surface area contributed by atoms with Crippen LogP contribution in [0.15, 0.2) is 18.2 Å². The number of carbonyl (C=O) groups excluding carboxylic acids is 1. The highest BCUT2D eigenvalue weighted by atomic mass is 16.1. The Morgan fingerprint density at radius 1 is 1.09 bits per heavy atom. The van der Waals surface area contributed by atoms with Gasteiger partial charge in [-0.05, 0) is 70.5 Å². The first-order chi connectivity index (χ1) is 11.2. The Bertz CT molecular complexity index is 500. The molecular weight excluding hydrogens is 284 g/mol. The van der Waals surface area contributed by atoms with E-state index in [1.165, 1.54) is 36.9 Å². The maximum absolute atomic E-state index is 12.5. The molecule has 0 aromatic heterocycles. The van der Waals surface area contributed by atoms with Gasteiger partial charge in [0.2, 0.25) is 0 Å². The minimum atomic E-state index is 0.281. The maximum Gasteiger partial charge on any atom is 0.164 e. The van der Waals surface area contributed by atoms with Crippen LogP contribution in [0, 0.1) is 6.92 Å². The lowest BCUT2D eigenvalue weighted by Gasteiger charge is -2.23. The van der Waals surface area contributed by atoms with E-state index in [1.54, 1.807) is 0 Å². The second-order valence-electron chi connectivity index (χ2n) is 6.60. The van der Waals surface area contributed by atoms with E-state index in [0.717, 1.165) is 38.3 Å². The van der Waals surface area contributed by atoms with Crippen molar-refractivity contribution < 1.29 is 4.79 Å². The molecule has 0 bridgehead atoms. The van der Waals surface area contributed by atoms with Crippen molar-refractivity contribution in [1.29, 1.82) is 0 Å². The van der Waals surface area contributed by atoms with Gasteiger partial charge in [0.15, 0.2) is 5.78 Å². The molecule has 0 saturated carbocycles. The molecule has 23 heavy (non-hydrogen) atoms. The SMILES string of the molecule is CCN(CC)c1ccc(C(=O)CCN2CCCCCC2)cc1C. The summed E-state index contributed by atoms with van der Waals surface area (Å²) >= 11 is 0. The lowest BCUT2D eigenvalue weighted by Crippen LogP contribution is -2.27. The molecule has 0 aliphatic carbocycles. The van der Waals surface area contributed by atoms with Gasteiger partial charge in [-0.3, -0.25) is 4.79 Å². The summed E-state index contributed by atoms with van der Waals surface area (Å²) in [6, 6.07) is 6.19. The van der Waals surface area contributed by atoms with Crippen LogP contribution < -0.4 is 4.90 Å². The van der Waals surface area contributed by atoms with Gasteiger partial charge in [0, 0.05) is 37.3 Å². The highest BCUT2D eigenvalue weighted by molar-refractivity contribution is 5.96. The fraction of sp³-hybridized carbons (Fsp3) is 0.650. The van der Waals surface area contributed by atoms with Crippen LogP contribution in [0.5, 0.6) is 0 Å². The number of benzene rings is 1. The molecule has 0 amide bonds. The normalized spacial score (nSPS) is 16.1. The third kappa shape index (κ3) is 5.07. The molecule has 1 heterocycles. The van der Waals surface area contributed by atoms with Crippen LogP contribution in [-0.4, -0.2) is 43.4 Å². The Hall–Kier alpha value is -1.35. The average molecular weight is 316 g/mol. The zero-order valence-corrected chi connectivity index (χ0v) is 15.1. The molecule has 1 fully saturated rings. The summed E-state index contributed by atoms with van der Waals surface area (Å²) in [6.45, 7) is 11.7. The van der Waals surface area contributed by atoms with Gasteiger partial charge in [-0.2, -0.15) is 0 Å². The van der Waals surface area contributed by atoms with Gasteiger partial charge in [0.05, 0.1) is 0 Å². The van der Waals surface area contributed by atoms with Gasteiger partial charge in [0.1, 0.15) is 0 Å². The zero-order valence-electron chi connectivity index (χ0n) is 15.1. The van der Waals surface area contributed by atoms with Gasteiger partial charge in [-0.15, -0.1) is 0 Å². The van der Waals surface area contributed by atoms with Crippen molar-refractivity contribution in [2.75, 3.05) is 37.6 Å². The van der Waals surface area contributed by atoms with Crippen LogP contribution in [-0.2, 0) is 0 Å². The molecule has 2 rings (SSSR count). The second kappa shape index (κ2) is 9.07. The lowest BCUT2D eigenvalue weighted by molar-refractivity contribution is 0.0965. The molecule has 1 aliphatic rings. The smallest absolute Gasteiger partial charge is 0.164 e. The predicted octanol–water partition coefficient (Wildman–Crippen LogP) is 4.29. The summed E-state index contributed by atoms with van der Waals surface area (Å²) in [6.07, 6.45) is 5.90. The Morgan fingerprint density at radius 2 is 1.74 bits per heavy atom. The zero-order chi connectivity index (χ0) is 16.7. The standard InChI is InChI=1S/C20H32N2O/c1-4-22(5-2)19-11-10-18(16-17(19)3)20(23)12-15-21-13-8-6-7-9-14-21/h10-11,16H,4-9,12-15H2,1-3H3. The van der Waals surface area contributed by atoms with Crippen molar-refractivity contribution in [1.82, 2.24) is 4.90 Å². The molecular formula is C20H32N2O. The van der Waals surface area contributed by atoms with Crippen molar-refractivity contribution in [3.8, 4) is 0 Å². The fourth-order valence-electron chi connectivity index (χ4n) is 3.51. The molecule has 1 aliphatic heterocycles. The van der Waals surface area contributed by atoms with Crippen molar-refractivity contribution in [2.24, 2.45) is 0 Å². The highest BCUT2D eigenvalue weighted by Crippen LogP contribution is 2.22. The Labute approximate surface area is 141 Å².